The lowest BCUT2D eigenvalue weighted by Gasteiger charge is -2.05. The number of nitrogens with one attached hydrogen (secondary N) is 1. The van der Waals surface area contributed by atoms with Crippen molar-refractivity contribution in [2.75, 3.05) is 23.4 Å². The zero-order valence-corrected chi connectivity index (χ0v) is 9.71. The zero-order chi connectivity index (χ0) is 11.3. The second-order valence-corrected chi connectivity index (χ2v) is 5.62. The van der Waals surface area contributed by atoms with E-state index in [1.165, 1.54) is 0 Å². The van der Waals surface area contributed by atoms with Gasteiger partial charge in [-0.25, -0.2) is 18.4 Å². The smallest absolute Gasteiger partial charge is 0.151 e. The zero-order valence-electron chi connectivity index (χ0n) is 8.90. The molecule has 0 saturated heterocycles. The van der Waals surface area contributed by atoms with Crippen molar-refractivity contribution in [1.82, 2.24) is 9.97 Å². The van der Waals surface area contributed by atoms with Crippen LogP contribution in [0.25, 0.3) is 0 Å². The maximum Gasteiger partial charge on any atom is 0.151 e. The third-order valence-corrected chi connectivity index (χ3v) is 3.64. The highest BCUT2D eigenvalue weighted by Crippen LogP contribution is 2.00. The number of hydrogen-bond donors (Lipinski definition) is 1. The topological polar surface area (TPSA) is 72.0 Å². The van der Waals surface area contributed by atoms with Gasteiger partial charge in [0, 0.05) is 18.5 Å². The number of aryl methyl sites for hydroxylation is 1. The number of nitrogens with zero attached hydrogens (tertiary/aromatic N) is 2. The van der Waals surface area contributed by atoms with Gasteiger partial charge in [-0.1, -0.05) is 6.92 Å². The van der Waals surface area contributed by atoms with Gasteiger partial charge in [-0.05, 0) is 13.0 Å². The molecule has 1 aromatic heterocycles. The first-order valence-electron chi connectivity index (χ1n) is 4.77. The number of hydrogen-bond acceptors (Lipinski definition) is 5. The first-order valence-corrected chi connectivity index (χ1v) is 6.59. The highest BCUT2D eigenvalue weighted by molar-refractivity contribution is 7.91. The average molecular weight is 229 g/mol. The minimum atomic E-state index is -2.91. The van der Waals surface area contributed by atoms with E-state index in [1.54, 1.807) is 26.1 Å². The molecule has 5 nitrogen and oxygen atoms in total. The van der Waals surface area contributed by atoms with Crippen LogP contribution in [-0.4, -0.2) is 36.4 Å². The van der Waals surface area contributed by atoms with Gasteiger partial charge in [0.25, 0.3) is 0 Å². The van der Waals surface area contributed by atoms with Crippen LogP contribution in [0.15, 0.2) is 12.3 Å². The van der Waals surface area contributed by atoms with E-state index in [2.05, 4.69) is 15.3 Å². The fraction of sp³-hybridized carbons (Fsp3) is 0.556. The third kappa shape index (κ3) is 4.24. The van der Waals surface area contributed by atoms with Crippen LogP contribution in [-0.2, 0) is 9.84 Å². The van der Waals surface area contributed by atoms with Crippen molar-refractivity contribution in [2.45, 2.75) is 13.8 Å². The van der Waals surface area contributed by atoms with Crippen LogP contribution >= 0.6 is 0 Å². The maximum absolute atomic E-state index is 11.2. The molecule has 0 unspecified atom stereocenters. The highest BCUT2D eigenvalue weighted by atomic mass is 32.2. The second kappa shape index (κ2) is 5.06. The molecule has 84 valence electrons. The molecule has 6 heteroatoms. The Hall–Kier alpha value is -1.17. The standard InChI is InChI=1S/C9H15N3O2S/c1-3-15(13,14)7-6-11-9-4-5-10-8(2)12-9/h4-5H,3,6-7H2,1-2H3,(H,10,11,12). The van der Waals surface area contributed by atoms with Gasteiger partial charge < -0.3 is 5.32 Å². The molecule has 0 spiro atoms. The quantitative estimate of drug-likeness (QED) is 0.802. The second-order valence-electron chi connectivity index (χ2n) is 3.15. The van der Waals surface area contributed by atoms with Crippen LogP contribution < -0.4 is 5.32 Å². The number of rotatable bonds is 5. The Kier molecular flexibility index (Phi) is 4.02. The lowest BCUT2D eigenvalue weighted by Crippen LogP contribution is -2.17. The van der Waals surface area contributed by atoms with Crippen LogP contribution in [0.5, 0.6) is 0 Å². The molecule has 0 amide bonds. The van der Waals surface area contributed by atoms with Crippen molar-refractivity contribution in [1.29, 1.82) is 0 Å². The number of sulfone groups is 1. The Bertz CT molecular complexity index is 417. The lowest BCUT2D eigenvalue weighted by atomic mass is 10.5. The molecular weight excluding hydrogens is 214 g/mol. The van der Waals surface area contributed by atoms with E-state index in [-0.39, 0.29) is 11.5 Å². The predicted octanol–water partition coefficient (Wildman–Crippen LogP) is 0.632. The van der Waals surface area contributed by atoms with E-state index >= 15 is 0 Å². The van der Waals surface area contributed by atoms with Crippen LogP contribution in [0.1, 0.15) is 12.7 Å². The van der Waals surface area contributed by atoms with Gasteiger partial charge in [0.15, 0.2) is 9.84 Å². The Balaban J connectivity index is 2.45. The van der Waals surface area contributed by atoms with E-state index in [1.807, 2.05) is 0 Å². The van der Waals surface area contributed by atoms with Crippen molar-refractivity contribution in [3.63, 3.8) is 0 Å². The number of anilines is 1. The third-order valence-electron chi connectivity index (χ3n) is 1.94. The molecule has 15 heavy (non-hydrogen) atoms. The van der Waals surface area contributed by atoms with Gasteiger partial charge in [-0.3, -0.25) is 0 Å². The summed E-state index contributed by atoms with van der Waals surface area (Å²) in [5, 5.41) is 2.95. The van der Waals surface area contributed by atoms with E-state index in [0.717, 1.165) is 0 Å². The number of aromatic nitrogens is 2. The van der Waals surface area contributed by atoms with E-state index < -0.39 is 9.84 Å². The maximum atomic E-state index is 11.2. The van der Waals surface area contributed by atoms with Gasteiger partial charge >= 0.3 is 0 Å². The van der Waals surface area contributed by atoms with Gasteiger partial charge in [0.05, 0.1) is 5.75 Å². The molecule has 0 radical (unpaired) electrons. The predicted molar refractivity (Wildman–Crippen MR) is 59.6 cm³/mol. The molecule has 0 atom stereocenters. The van der Waals surface area contributed by atoms with Gasteiger partial charge in [-0.15, -0.1) is 0 Å². The minimum Gasteiger partial charge on any atom is -0.369 e. The summed E-state index contributed by atoms with van der Waals surface area (Å²) < 4.78 is 22.4. The molecule has 0 bridgehead atoms. The summed E-state index contributed by atoms with van der Waals surface area (Å²) in [6.07, 6.45) is 1.64. The van der Waals surface area contributed by atoms with E-state index in [0.29, 0.717) is 18.2 Å². The Morgan fingerprint density at radius 3 is 2.80 bits per heavy atom. The molecule has 1 rings (SSSR count). The van der Waals surface area contributed by atoms with Crippen LogP contribution in [0.3, 0.4) is 0 Å². The fourth-order valence-electron chi connectivity index (χ4n) is 1.03. The first-order chi connectivity index (χ1) is 7.03. The van der Waals surface area contributed by atoms with Crippen molar-refractivity contribution < 1.29 is 8.42 Å². The first kappa shape index (κ1) is 11.9. The highest BCUT2D eigenvalue weighted by Gasteiger charge is 2.06. The summed E-state index contributed by atoms with van der Waals surface area (Å²) in [6, 6.07) is 1.71. The Morgan fingerprint density at radius 1 is 1.47 bits per heavy atom. The molecule has 0 aliphatic carbocycles. The molecule has 0 aromatic carbocycles. The van der Waals surface area contributed by atoms with Crippen molar-refractivity contribution in [2.24, 2.45) is 0 Å². The molecule has 0 saturated carbocycles. The van der Waals surface area contributed by atoms with Crippen molar-refractivity contribution in [3.8, 4) is 0 Å². The summed E-state index contributed by atoms with van der Waals surface area (Å²) in [4.78, 5) is 8.05. The monoisotopic (exact) mass is 229 g/mol. The van der Waals surface area contributed by atoms with Crippen molar-refractivity contribution >= 4 is 15.7 Å². The van der Waals surface area contributed by atoms with Crippen LogP contribution in [0.2, 0.25) is 0 Å². The summed E-state index contributed by atoms with van der Waals surface area (Å²) in [7, 11) is -2.91. The summed E-state index contributed by atoms with van der Waals surface area (Å²) >= 11 is 0. The molecular formula is C9H15N3O2S. The molecule has 1 aromatic rings. The van der Waals surface area contributed by atoms with Crippen LogP contribution in [0, 0.1) is 6.92 Å². The fourth-order valence-corrected chi connectivity index (χ4v) is 1.74. The normalized spacial score (nSPS) is 11.3. The Labute approximate surface area is 89.9 Å². The molecule has 0 aliphatic rings. The minimum absolute atomic E-state index is 0.131. The molecule has 0 fully saturated rings. The van der Waals surface area contributed by atoms with Gasteiger partial charge in [-0.2, -0.15) is 0 Å². The average Bonchev–Trinajstić information content (AvgIpc) is 2.18. The van der Waals surface area contributed by atoms with E-state index in [9.17, 15) is 8.42 Å². The van der Waals surface area contributed by atoms with E-state index in [4.69, 9.17) is 0 Å². The summed E-state index contributed by atoms with van der Waals surface area (Å²) in [6.45, 7) is 3.81. The lowest BCUT2D eigenvalue weighted by molar-refractivity contribution is 0.597. The molecule has 0 aliphatic heterocycles. The molecule has 1 N–H and O–H groups in total. The Morgan fingerprint density at radius 2 is 2.20 bits per heavy atom. The summed E-state index contributed by atoms with van der Waals surface area (Å²) in [5.74, 6) is 1.64. The van der Waals surface area contributed by atoms with Crippen LogP contribution in [0.4, 0.5) is 5.82 Å². The summed E-state index contributed by atoms with van der Waals surface area (Å²) in [5.41, 5.74) is 0. The van der Waals surface area contributed by atoms with Crippen molar-refractivity contribution in [3.05, 3.63) is 18.1 Å². The molecule has 1 heterocycles. The van der Waals surface area contributed by atoms with Gasteiger partial charge in [0.2, 0.25) is 0 Å². The SMILES string of the molecule is CCS(=O)(=O)CCNc1ccnc(C)n1. The largest absolute Gasteiger partial charge is 0.369 e. The van der Waals surface area contributed by atoms with Gasteiger partial charge in [0.1, 0.15) is 11.6 Å².